The molecule has 1 aliphatic carbocycles. The fourth-order valence-corrected chi connectivity index (χ4v) is 7.47. The Morgan fingerprint density at radius 2 is 1.75 bits per heavy atom. The Bertz CT molecular complexity index is 1360. The summed E-state index contributed by atoms with van der Waals surface area (Å²) < 4.78 is 6.97. The molecule has 1 saturated carbocycles. The van der Waals surface area contributed by atoms with Gasteiger partial charge in [0.1, 0.15) is 18.2 Å². The zero-order valence-corrected chi connectivity index (χ0v) is 26.1. The van der Waals surface area contributed by atoms with Gasteiger partial charge >= 0.3 is 5.97 Å². The van der Waals surface area contributed by atoms with Gasteiger partial charge in [0.2, 0.25) is 0 Å². The number of piperidine rings is 1. The Morgan fingerprint density at radius 3 is 2.48 bits per heavy atom. The molecule has 0 radical (unpaired) electrons. The molecule has 1 spiro atoms. The first kappa shape index (κ1) is 30.5. The summed E-state index contributed by atoms with van der Waals surface area (Å²) in [6.45, 7) is 8.19. The molecular formula is C34H47N7O3. The highest BCUT2D eigenvalue weighted by molar-refractivity contribution is 5.94. The van der Waals surface area contributed by atoms with Gasteiger partial charge in [-0.3, -0.25) is 14.5 Å². The van der Waals surface area contributed by atoms with Crippen LogP contribution in [0.25, 0.3) is 0 Å². The first-order valence-corrected chi connectivity index (χ1v) is 16.5. The minimum Gasteiger partial charge on any atom is -0.465 e. The summed E-state index contributed by atoms with van der Waals surface area (Å²) in [7, 11) is 0. The molecule has 236 valence electrons. The summed E-state index contributed by atoms with van der Waals surface area (Å²) in [5.41, 5.74) is 2.16. The van der Waals surface area contributed by atoms with Gasteiger partial charge in [0.05, 0.1) is 19.7 Å². The van der Waals surface area contributed by atoms with E-state index in [-0.39, 0.29) is 18.4 Å². The minimum absolute atomic E-state index is 0.130. The van der Waals surface area contributed by atoms with Gasteiger partial charge in [-0.15, -0.1) is 0 Å². The van der Waals surface area contributed by atoms with Crippen molar-refractivity contribution in [1.29, 1.82) is 0 Å². The van der Waals surface area contributed by atoms with Crippen molar-refractivity contribution < 1.29 is 14.3 Å². The van der Waals surface area contributed by atoms with Crippen LogP contribution in [0.4, 0.5) is 0 Å². The van der Waals surface area contributed by atoms with Gasteiger partial charge in [-0.1, -0.05) is 31.4 Å². The highest BCUT2D eigenvalue weighted by Gasteiger charge is 2.43. The molecule has 1 N–H and O–H groups in total. The zero-order chi connectivity index (χ0) is 30.4. The predicted molar refractivity (Wildman–Crippen MR) is 167 cm³/mol. The number of ether oxygens (including phenoxy) is 1. The molecule has 4 heterocycles. The van der Waals surface area contributed by atoms with Crippen LogP contribution in [0.3, 0.4) is 0 Å². The Kier molecular flexibility index (Phi) is 9.76. The first-order valence-electron chi connectivity index (χ1n) is 16.5. The summed E-state index contributed by atoms with van der Waals surface area (Å²) in [6, 6.07) is 8.85. The first-order chi connectivity index (χ1) is 21.5. The third-order valence-corrected chi connectivity index (χ3v) is 9.98. The quantitative estimate of drug-likeness (QED) is 0.320. The van der Waals surface area contributed by atoms with Crippen molar-refractivity contribution >= 4 is 11.9 Å². The molecule has 3 aromatic rings. The molecule has 2 aromatic heterocycles. The molecule has 3 fully saturated rings. The number of benzene rings is 1. The Balaban J connectivity index is 1.06. The summed E-state index contributed by atoms with van der Waals surface area (Å²) in [4.78, 5) is 44.9. The maximum atomic E-state index is 13.6. The van der Waals surface area contributed by atoms with E-state index in [4.69, 9.17) is 4.74 Å². The second-order valence-corrected chi connectivity index (χ2v) is 13.0. The number of likely N-dealkylation sites (tertiary alicyclic amines) is 2. The molecule has 2 aliphatic heterocycles. The van der Waals surface area contributed by atoms with Gasteiger partial charge in [0, 0.05) is 56.0 Å². The molecule has 10 nitrogen and oxygen atoms in total. The van der Waals surface area contributed by atoms with Crippen LogP contribution in [0.1, 0.15) is 85.9 Å². The van der Waals surface area contributed by atoms with Crippen molar-refractivity contribution in [2.45, 2.75) is 90.5 Å². The zero-order valence-electron chi connectivity index (χ0n) is 26.1. The average molecular weight is 602 g/mol. The standard InChI is InChI=1S/C34H47N7O3/c1-2-44-32(42)25-40-21-17-37-31(40)24-38(23-30-35-15-16-36-30)22-27-8-10-28(11-9-27)33(43)41-20-14-34(26-41)12-18-39(19-13-34)29-6-4-3-5-7-29/h8-11,15-17,21,29H,2-7,12-14,18-20,22-26H2,1H3,(H,35,36). The number of hydrogen-bond acceptors (Lipinski definition) is 7. The lowest BCUT2D eigenvalue weighted by Crippen LogP contribution is -2.47. The largest absolute Gasteiger partial charge is 0.465 e. The van der Waals surface area contributed by atoms with E-state index in [9.17, 15) is 9.59 Å². The van der Waals surface area contributed by atoms with Crippen LogP contribution in [-0.2, 0) is 35.7 Å². The highest BCUT2D eigenvalue weighted by atomic mass is 16.5. The average Bonchev–Trinajstić information content (AvgIpc) is 3.81. The number of carbonyl (C=O) groups is 2. The third-order valence-electron chi connectivity index (χ3n) is 9.98. The van der Waals surface area contributed by atoms with E-state index in [0.29, 0.717) is 31.7 Å². The highest BCUT2D eigenvalue weighted by Crippen LogP contribution is 2.42. The summed E-state index contributed by atoms with van der Waals surface area (Å²) in [5, 5.41) is 0. The summed E-state index contributed by atoms with van der Waals surface area (Å²) >= 11 is 0. The van der Waals surface area contributed by atoms with E-state index >= 15 is 0 Å². The van der Waals surface area contributed by atoms with E-state index in [0.717, 1.165) is 48.3 Å². The van der Waals surface area contributed by atoms with Crippen LogP contribution in [0, 0.1) is 5.41 Å². The number of imidazole rings is 2. The molecule has 6 rings (SSSR count). The third kappa shape index (κ3) is 7.41. The second kappa shape index (κ2) is 14.1. The fraction of sp³-hybridized carbons (Fsp3) is 0.588. The van der Waals surface area contributed by atoms with E-state index < -0.39 is 0 Å². The number of hydrogen-bond donors (Lipinski definition) is 1. The second-order valence-electron chi connectivity index (χ2n) is 13.0. The minimum atomic E-state index is -0.279. The molecule has 0 unspecified atom stereocenters. The Hall–Kier alpha value is -3.50. The normalized spacial score (nSPS) is 19.2. The Labute approximate surface area is 260 Å². The maximum Gasteiger partial charge on any atom is 0.325 e. The van der Waals surface area contributed by atoms with Crippen LogP contribution in [0.2, 0.25) is 0 Å². The van der Waals surface area contributed by atoms with E-state index in [1.807, 2.05) is 22.9 Å². The SMILES string of the molecule is CCOC(=O)Cn1ccnc1CN(Cc1ccc(C(=O)N2CCC3(CCN(C4CCCCC4)CC3)C2)cc1)Cc1ncc[nH]1. The molecule has 1 amide bonds. The lowest BCUT2D eigenvalue weighted by molar-refractivity contribution is -0.143. The van der Waals surface area contributed by atoms with Gasteiger partial charge in [-0.25, -0.2) is 9.97 Å². The van der Waals surface area contributed by atoms with Crippen LogP contribution in [0.15, 0.2) is 49.1 Å². The number of amides is 1. The van der Waals surface area contributed by atoms with Crippen LogP contribution >= 0.6 is 0 Å². The fourth-order valence-electron chi connectivity index (χ4n) is 7.47. The molecule has 3 aliphatic rings. The van der Waals surface area contributed by atoms with Crippen molar-refractivity contribution in [2.75, 3.05) is 32.8 Å². The number of H-pyrrole nitrogens is 1. The molecule has 0 bridgehead atoms. The number of aromatic nitrogens is 4. The van der Waals surface area contributed by atoms with Gasteiger partial charge in [-0.2, -0.15) is 0 Å². The number of nitrogens with one attached hydrogen (secondary N) is 1. The summed E-state index contributed by atoms with van der Waals surface area (Å²) in [5.74, 6) is 1.51. The maximum absolute atomic E-state index is 13.6. The number of nitrogens with zero attached hydrogens (tertiary/aromatic N) is 6. The van der Waals surface area contributed by atoms with Crippen molar-refractivity contribution in [3.8, 4) is 0 Å². The van der Waals surface area contributed by atoms with Crippen molar-refractivity contribution in [3.63, 3.8) is 0 Å². The number of carbonyl (C=O) groups excluding carboxylic acids is 2. The van der Waals surface area contributed by atoms with Crippen LogP contribution in [0.5, 0.6) is 0 Å². The molecule has 10 heteroatoms. The van der Waals surface area contributed by atoms with Gasteiger partial charge < -0.3 is 24.1 Å². The molecular weight excluding hydrogens is 554 g/mol. The van der Waals surface area contributed by atoms with Gasteiger partial charge in [0.25, 0.3) is 5.91 Å². The lowest BCUT2D eigenvalue weighted by Gasteiger charge is -2.43. The molecule has 2 saturated heterocycles. The monoisotopic (exact) mass is 601 g/mol. The van der Waals surface area contributed by atoms with Crippen LogP contribution in [-0.4, -0.2) is 84.9 Å². The summed E-state index contributed by atoms with van der Waals surface area (Å²) in [6.07, 6.45) is 17.6. The van der Waals surface area contributed by atoms with Crippen molar-refractivity contribution in [3.05, 3.63) is 71.8 Å². The van der Waals surface area contributed by atoms with E-state index in [1.54, 1.807) is 25.5 Å². The van der Waals surface area contributed by atoms with E-state index in [2.05, 4.69) is 41.8 Å². The lowest BCUT2D eigenvalue weighted by atomic mass is 9.77. The molecule has 1 aromatic carbocycles. The van der Waals surface area contributed by atoms with Crippen molar-refractivity contribution in [1.82, 2.24) is 34.2 Å². The predicted octanol–water partition coefficient (Wildman–Crippen LogP) is 4.63. The Morgan fingerprint density at radius 1 is 0.977 bits per heavy atom. The number of esters is 1. The number of aromatic amines is 1. The van der Waals surface area contributed by atoms with E-state index in [1.165, 1.54) is 58.0 Å². The van der Waals surface area contributed by atoms with Gasteiger partial charge in [0.15, 0.2) is 0 Å². The smallest absolute Gasteiger partial charge is 0.325 e. The molecule has 44 heavy (non-hydrogen) atoms. The van der Waals surface area contributed by atoms with Gasteiger partial charge in [-0.05, 0) is 75.2 Å². The van der Waals surface area contributed by atoms with Crippen LogP contribution < -0.4 is 0 Å². The van der Waals surface area contributed by atoms with Crippen molar-refractivity contribution in [2.24, 2.45) is 5.41 Å². The number of rotatable bonds is 11. The topological polar surface area (TPSA) is 99.6 Å². The molecule has 0 atom stereocenters.